The largest absolute Gasteiger partial charge is 0.479 e. The Balaban J connectivity index is 2.66. The summed E-state index contributed by atoms with van der Waals surface area (Å²) >= 11 is 5.77. The van der Waals surface area contributed by atoms with Crippen LogP contribution in [-0.2, 0) is 19.1 Å². The molecule has 0 aliphatic rings. The molecule has 0 amide bonds. The highest BCUT2D eigenvalue weighted by atomic mass is 35.5. The summed E-state index contributed by atoms with van der Waals surface area (Å²) < 4.78 is 15.4. The molecule has 5 nitrogen and oxygen atoms in total. The zero-order chi connectivity index (χ0) is 16.7. The first-order chi connectivity index (χ1) is 10.3. The van der Waals surface area contributed by atoms with E-state index in [0.29, 0.717) is 16.3 Å². The minimum atomic E-state index is -1.14. The molecule has 0 aromatic heterocycles. The van der Waals surface area contributed by atoms with E-state index >= 15 is 0 Å². The quantitative estimate of drug-likeness (QED) is 0.569. The van der Waals surface area contributed by atoms with Crippen LogP contribution in [0.5, 0.6) is 5.75 Å². The number of ether oxygens (including phenoxy) is 3. The molecule has 0 aliphatic heterocycles. The van der Waals surface area contributed by atoms with Crippen molar-refractivity contribution >= 4 is 23.5 Å². The maximum atomic E-state index is 12.0. The van der Waals surface area contributed by atoms with Crippen LogP contribution in [0.15, 0.2) is 36.4 Å². The summed E-state index contributed by atoms with van der Waals surface area (Å²) in [5.74, 6) is -0.866. The van der Waals surface area contributed by atoms with E-state index in [1.807, 2.05) is 0 Å². The first-order valence-electron chi connectivity index (χ1n) is 6.80. The maximum Gasteiger partial charge on any atom is 0.351 e. The Morgan fingerprint density at radius 3 is 2.32 bits per heavy atom. The van der Waals surface area contributed by atoms with Crippen LogP contribution in [0.25, 0.3) is 0 Å². The standard InChI is InChI=1S/C16H19ClO5/c1-5-20-16(19)14(10(2)3)22-15(18)11(4)21-13-8-6-12(17)7-9-13/h6-9,11,14H,2,5H2,1,3-4H3. The average Bonchev–Trinajstić information content (AvgIpc) is 2.46. The first kappa shape index (κ1) is 18.0. The van der Waals surface area contributed by atoms with E-state index in [0.717, 1.165) is 0 Å². The van der Waals surface area contributed by atoms with Crippen LogP contribution in [0, 0.1) is 0 Å². The van der Waals surface area contributed by atoms with Gasteiger partial charge in [0, 0.05) is 5.02 Å². The van der Waals surface area contributed by atoms with E-state index in [9.17, 15) is 9.59 Å². The highest BCUT2D eigenvalue weighted by molar-refractivity contribution is 6.30. The fourth-order valence-corrected chi connectivity index (χ4v) is 1.67. The highest BCUT2D eigenvalue weighted by Gasteiger charge is 2.28. The molecule has 0 bridgehead atoms. The van der Waals surface area contributed by atoms with Gasteiger partial charge in [-0.15, -0.1) is 0 Å². The zero-order valence-electron chi connectivity index (χ0n) is 12.8. The molecule has 0 N–H and O–H groups in total. The molecule has 1 rings (SSSR count). The highest BCUT2D eigenvalue weighted by Crippen LogP contribution is 2.17. The monoisotopic (exact) mass is 326 g/mol. The lowest BCUT2D eigenvalue weighted by molar-refractivity contribution is -0.168. The summed E-state index contributed by atoms with van der Waals surface area (Å²) in [4.78, 5) is 23.7. The molecule has 0 spiro atoms. The lowest BCUT2D eigenvalue weighted by atomic mass is 10.2. The topological polar surface area (TPSA) is 61.8 Å². The van der Waals surface area contributed by atoms with E-state index in [1.54, 1.807) is 38.1 Å². The van der Waals surface area contributed by atoms with Gasteiger partial charge in [0.15, 0.2) is 6.10 Å². The molecule has 1 aromatic rings. The third-order valence-corrected chi connectivity index (χ3v) is 2.89. The zero-order valence-corrected chi connectivity index (χ0v) is 13.6. The molecule has 0 aliphatic carbocycles. The van der Waals surface area contributed by atoms with Crippen molar-refractivity contribution in [2.24, 2.45) is 0 Å². The number of hydrogen-bond donors (Lipinski definition) is 0. The summed E-state index contributed by atoms with van der Waals surface area (Å²) in [6.07, 6.45) is -2.03. The molecular formula is C16H19ClO5. The number of rotatable bonds is 7. The van der Waals surface area contributed by atoms with Gasteiger partial charge in [0.05, 0.1) is 6.61 Å². The van der Waals surface area contributed by atoms with Crippen LogP contribution in [0.2, 0.25) is 5.02 Å². The summed E-state index contributed by atoms with van der Waals surface area (Å²) in [6.45, 7) is 8.60. The van der Waals surface area contributed by atoms with Crippen molar-refractivity contribution in [2.45, 2.75) is 33.0 Å². The summed E-state index contributed by atoms with van der Waals surface area (Å²) in [5.41, 5.74) is 0.380. The second-order valence-corrected chi connectivity index (χ2v) is 5.07. The third kappa shape index (κ3) is 5.41. The van der Waals surface area contributed by atoms with Crippen LogP contribution in [0.3, 0.4) is 0 Å². The Kier molecular flexibility index (Phi) is 6.92. The summed E-state index contributed by atoms with van der Waals surface area (Å²) in [6, 6.07) is 6.55. The fraction of sp³-hybridized carbons (Fsp3) is 0.375. The van der Waals surface area contributed by atoms with Crippen molar-refractivity contribution in [3.63, 3.8) is 0 Å². The SMILES string of the molecule is C=C(C)C(OC(=O)C(C)Oc1ccc(Cl)cc1)C(=O)OCC. The molecule has 2 atom stereocenters. The van der Waals surface area contributed by atoms with Crippen molar-refractivity contribution < 1.29 is 23.8 Å². The van der Waals surface area contributed by atoms with Gasteiger partial charge in [0.1, 0.15) is 5.75 Å². The molecule has 6 heteroatoms. The van der Waals surface area contributed by atoms with Gasteiger partial charge < -0.3 is 14.2 Å². The summed E-state index contributed by atoms with van der Waals surface area (Å²) in [5, 5.41) is 0.562. The van der Waals surface area contributed by atoms with Crippen molar-refractivity contribution in [1.82, 2.24) is 0 Å². The second kappa shape index (κ2) is 8.44. The Morgan fingerprint density at radius 2 is 1.82 bits per heavy atom. The molecule has 0 radical (unpaired) electrons. The molecule has 0 saturated heterocycles. The van der Waals surface area contributed by atoms with Crippen LogP contribution in [-0.4, -0.2) is 30.8 Å². The Morgan fingerprint density at radius 1 is 1.23 bits per heavy atom. The molecule has 120 valence electrons. The van der Waals surface area contributed by atoms with Gasteiger partial charge in [-0.25, -0.2) is 9.59 Å². The van der Waals surface area contributed by atoms with Gasteiger partial charge in [-0.3, -0.25) is 0 Å². The van der Waals surface area contributed by atoms with Crippen LogP contribution in [0.1, 0.15) is 20.8 Å². The van der Waals surface area contributed by atoms with E-state index in [-0.39, 0.29) is 6.61 Å². The predicted molar refractivity (Wildman–Crippen MR) is 82.9 cm³/mol. The van der Waals surface area contributed by atoms with E-state index in [2.05, 4.69) is 6.58 Å². The number of carbonyl (C=O) groups is 2. The Labute approximate surface area is 134 Å². The number of hydrogen-bond acceptors (Lipinski definition) is 5. The molecule has 22 heavy (non-hydrogen) atoms. The van der Waals surface area contributed by atoms with Gasteiger partial charge in [-0.2, -0.15) is 0 Å². The normalized spacial score (nSPS) is 12.9. The third-order valence-electron chi connectivity index (χ3n) is 2.64. The van der Waals surface area contributed by atoms with Gasteiger partial charge in [0.2, 0.25) is 6.10 Å². The number of esters is 2. The van der Waals surface area contributed by atoms with Gasteiger partial charge in [-0.1, -0.05) is 18.2 Å². The van der Waals surface area contributed by atoms with Crippen molar-refractivity contribution in [1.29, 1.82) is 0 Å². The fourth-order valence-electron chi connectivity index (χ4n) is 1.55. The van der Waals surface area contributed by atoms with Crippen molar-refractivity contribution in [2.75, 3.05) is 6.61 Å². The predicted octanol–water partition coefficient (Wildman–Crippen LogP) is 3.16. The smallest absolute Gasteiger partial charge is 0.351 e. The van der Waals surface area contributed by atoms with Crippen LogP contribution in [0.4, 0.5) is 0 Å². The van der Waals surface area contributed by atoms with E-state index in [1.165, 1.54) is 6.92 Å². The average molecular weight is 327 g/mol. The lowest BCUT2D eigenvalue weighted by Gasteiger charge is -2.19. The number of halogens is 1. The van der Waals surface area contributed by atoms with E-state index in [4.69, 9.17) is 25.8 Å². The Bertz CT molecular complexity index is 538. The van der Waals surface area contributed by atoms with Crippen LogP contribution >= 0.6 is 11.6 Å². The number of benzene rings is 1. The van der Waals surface area contributed by atoms with Crippen molar-refractivity contribution in [3.05, 3.63) is 41.4 Å². The number of carbonyl (C=O) groups excluding carboxylic acids is 2. The Hall–Kier alpha value is -2.01. The van der Waals surface area contributed by atoms with Gasteiger partial charge in [0.25, 0.3) is 0 Å². The molecule has 1 aromatic carbocycles. The van der Waals surface area contributed by atoms with Crippen molar-refractivity contribution in [3.8, 4) is 5.75 Å². The molecule has 0 saturated carbocycles. The maximum absolute atomic E-state index is 12.0. The summed E-state index contributed by atoms with van der Waals surface area (Å²) in [7, 11) is 0. The molecule has 2 unspecified atom stereocenters. The second-order valence-electron chi connectivity index (χ2n) is 4.63. The van der Waals surface area contributed by atoms with Gasteiger partial charge >= 0.3 is 11.9 Å². The van der Waals surface area contributed by atoms with Gasteiger partial charge in [-0.05, 0) is 50.6 Å². The molecular weight excluding hydrogens is 308 g/mol. The molecule has 0 fully saturated rings. The minimum Gasteiger partial charge on any atom is -0.479 e. The first-order valence-corrected chi connectivity index (χ1v) is 7.17. The van der Waals surface area contributed by atoms with Crippen LogP contribution < -0.4 is 4.74 Å². The minimum absolute atomic E-state index is 0.191. The lowest BCUT2D eigenvalue weighted by Crippen LogP contribution is -2.35. The van der Waals surface area contributed by atoms with E-state index < -0.39 is 24.1 Å². The molecule has 0 heterocycles.